The number of hydrogen-bond acceptors (Lipinski definition) is 4. The number of anilines is 1. The van der Waals surface area contributed by atoms with Crippen molar-refractivity contribution in [2.24, 2.45) is 0 Å². The highest BCUT2D eigenvalue weighted by Crippen LogP contribution is 2.23. The van der Waals surface area contributed by atoms with Gasteiger partial charge in [0.15, 0.2) is 6.04 Å². The van der Waals surface area contributed by atoms with Crippen molar-refractivity contribution < 1.29 is 22.9 Å². The lowest BCUT2D eigenvalue weighted by atomic mass is 10.2. The van der Waals surface area contributed by atoms with E-state index in [9.17, 15) is 18.0 Å². The molecule has 1 N–H and O–H groups in total. The minimum atomic E-state index is -3.61. The molecule has 0 unspecified atom stereocenters. The number of carbonyl (C=O) groups is 2. The Bertz CT molecular complexity index is 1060. The average Bonchev–Trinajstić information content (AvgIpc) is 3.03. The molecule has 0 aliphatic carbocycles. The van der Waals surface area contributed by atoms with Crippen LogP contribution in [0.15, 0.2) is 53.4 Å². The topological polar surface area (TPSA) is 79.2 Å². The molecule has 1 atom stereocenters. The average molecular weight is 449 g/mol. The fourth-order valence-corrected chi connectivity index (χ4v) is 5.60. The number of piperazine rings is 1. The molecule has 2 fully saturated rings. The Hall–Kier alpha value is -2.26. The molecule has 4 rings (SSSR count). The third-order valence-corrected chi connectivity index (χ3v) is 7.91. The van der Waals surface area contributed by atoms with Crippen LogP contribution in [0.5, 0.6) is 0 Å². The monoisotopic (exact) mass is 448 g/mol. The van der Waals surface area contributed by atoms with Crippen LogP contribution in [0.2, 0.25) is 5.02 Å². The summed E-state index contributed by atoms with van der Waals surface area (Å²) in [6, 6.07) is 12.9. The van der Waals surface area contributed by atoms with Crippen LogP contribution >= 0.6 is 11.6 Å². The van der Waals surface area contributed by atoms with E-state index in [1.165, 1.54) is 21.3 Å². The van der Waals surface area contributed by atoms with Crippen LogP contribution in [0.1, 0.15) is 12.0 Å². The van der Waals surface area contributed by atoms with Crippen LogP contribution in [0.3, 0.4) is 0 Å². The Morgan fingerprint density at radius 3 is 2.17 bits per heavy atom. The van der Waals surface area contributed by atoms with Crippen molar-refractivity contribution >= 4 is 39.1 Å². The van der Waals surface area contributed by atoms with Gasteiger partial charge in [0.2, 0.25) is 15.9 Å². The molecule has 2 amide bonds. The number of halogens is 1. The smallest absolute Gasteiger partial charge is 0.292 e. The van der Waals surface area contributed by atoms with Gasteiger partial charge in [0.25, 0.3) is 5.91 Å². The Kier molecular flexibility index (Phi) is 5.67. The standard InChI is InChI=1S/C21H22ClN3O4S/c1-15-2-6-17(7-3-15)25-20(26)14-19(21(25)27)23-10-12-24(13-11-23)30(28,29)18-8-4-16(22)5-9-18/h2-9,19H,10-14H2,1H3/p+1/t19-/m1/s1. The summed E-state index contributed by atoms with van der Waals surface area (Å²) < 4.78 is 27.1. The zero-order valence-corrected chi connectivity index (χ0v) is 18.1. The van der Waals surface area contributed by atoms with E-state index in [0.29, 0.717) is 36.9 Å². The molecule has 30 heavy (non-hydrogen) atoms. The zero-order valence-electron chi connectivity index (χ0n) is 16.5. The van der Waals surface area contributed by atoms with Crippen LogP contribution in [0.25, 0.3) is 0 Å². The van der Waals surface area contributed by atoms with E-state index in [1.54, 1.807) is 24.3 Å². The van der Waals surface area contributed by atoms with Crippen LogP contribution in [0, 0.1) is 6.92 Å². The predicted molar refractivity (Wildman–Crippen MR) is 113 cm³/mol. The van der Waals surface area contributed by atoms with Gasteiger partial charge in [-0.05, 0) is 43.3 Å². The third-order valence-electron chi connectivity index (χ3n) is 5.75. The molecule has 2 saturated heterocycles. The number of aryl methyl sites for hydroxylation is 1. The summed E-state index contributed by atoms with van der Waals surface area (Å²) in [4.78, 5) is 27.9. The zero-order chi connectivity index (χ0) is 21.5. The summed E-state index contributed by atoms with van der Waals surface area (Å²) in [6.07, 6.45) is 0.145. The molecule has 0 bridgehead atoms. The first kappa shape index (κ1) is 21.0. The van der Waals surface area contributed by atoms with Crippen molar-refractivity contribution in [1.29, 1.82) is 0 Å². The normalized spacial score (nSPS) is 21.4. The van der Waals surface area contributed by atoms with E-state index in [2.05, 4.69) is 0 Å². The first-order chi connectivity index (χ1) is 14.3. The highest BCUT2D eigenvalue weighted by Gasteiger charge is 2.47. The van der Waals surface area contributed by atoms with Crippen molar-refractivity contribution in [3.05, 3.63) is 59.1 Å². The Labute approximate surface area is 180 Å². The maximum Gasteiger partial charge on any atom is 0.292 e. The highest BCUT2D eigenvalue weighted by molar-refractivity contribution is 7.89. The molecule has 0 aromatic heterocycles. The molecule has 0 saturated carbocycles. The molecule has 9 heteroatoms. The van der Waals surface area contributed by atoms with Crippen LogP contribution in [0.4, 0.5) is 5.69 Å². The Morgan fingerprint density at radius 1 is 0.967 bits per heavy atom. The lowest BCUT2D eigenvalue weighted by molar-refractivity contribution is -0.918. The van der Waals surface area contributed by atoms with E-state index in [4.69, 9.17) is 11.6 Å². The van der Waals surface area contributed by atoms with Gasteiger partial charge in [-0.3, -0.25) is 9.59 Å². The van der Waals surface area contributed by atoms with Gasteiger partial charge in [-0.1, -0.05) is 29.3 Å². The maximum atomic E-state index is 13.0. The van der Waals surface area contributed by atoms with E-state index < -0.39 is 16.1 Å². The molecule has 0 spiro atoms. The second kappa shape index (κ2) is 8.11. The van der Waals surface area contributed by atoms with Gasteiger partial charge >= 0.3 is 0 Å². The molecule has 2 aliphatic heterocycles. The largest absolute Gasteiger partial charge is 0.322 e. The molecule has 2 heterocycles. The highest BCUT2D eigenvalue weighted by atomic mass is 35.5. The first-order valence-corrected chi connectivity index (χ1v) is 11.6. The van der Waals surface area contributed by atoms with Crippen LogP contribution in [-0.4, -0.2) is 56.8 Å². The van der Waals surface area contributed by atoms with Crippen molar-refractivity contribution in [3.63, 3.8) is 0 Å². The fraction of sp³-hybridized carbons (Fsp3) is 0.333. The summed E-state index contributed by atoms with van der Waals surface area (Å²) in [5.74, 6) is -0.426. The van der Waals surface area contributed by atoms with Gasteiger partial charge in [-0.2, -0.15) is 4.31 Å². The molecule has 2 aliphatic rings. The molecule has 2 aromatic rings. The van der Waals surface area contributed by atoms with Crippen molar-refractivity contribution in [1.82, 2.24) is 4.31 Å². The minimum Gasteiger partial charge on any atom is -0.322 e. The number of imide groups is 1. The number of nitrogens with one attached hydrogen (secondary N) is 1. The van der Waals surface area contributed by atoms with Gasteiger partial charge in [0.1, 0.15) is 0 Å². The number of amides is 2. The number of quaternary nitrogens is 1. The second-order valence-electron chi connectivity index (χ2n) is 7.68. The fourth-order valence-electron chi connectivity index (χ4n) is 4.03. The van der Waals surface area contributed by atoms with Crippen molar-refractivity contribution in [2.75, 3.05) is 31.1 Å². The summed E-state index contributed by atoms with van der Waals surface area (Å²) in [5.41, 5.74) is 1.64. The van der Waals surface area contributed by atoms with Gasteiger partial charge in [-0.25, -0.2) is 13.3 Å². The lowest BCUT2D eigenvalue weighted by Gasteiger charge is -2.33. The minimum absolute atomic E-state index is 0.145. The number of sulfonamides is 1. The van der Waals surface area contributed by atoms with Gasteiger partial charge in [0.05, 0.1) is 43.2 Å². The summed E-state index contributed by atoms with van der Waals surface area (Å²) in [5, 5.41) is 0.478. The second-order valence-corrected chi connectivity index (χ2v) is 10.1. The van der Waals surface area contributed by atoms with Crippen molar-refractivity contribution in [2.45, 2.75) is 24.3 Å². The number of nitrogens with zero attached hydrogens (tertiary/aromatic N) is 2. The quantitative estimate of drug-likeness (QED) is 0.704. The molecular formula is C21H23ClN3O4S+. The number of rotatable bonds is 4. The van der Waals surface area contributed by atoms with E-state index in [0.717, 1.165) is 10.5 Å². The molecule has 2 aromatic carbocycles. The molecule has 7 nitrogen and oxygen atoms in total. The summed E-state index contributed by atoms with van der Waals surface area (Å²) in [7, 11) is -3.61. The Balaban J connectivity index is 1.44. The molecule has 0 radical (unpaired) electrons. The lowest BCUT2D eigenvalue weighted by Crippen LogP contribution is -3.19. The van der Waals surface area contributed by atoms with Crippen molar-refractivity contribution in [3.8, 4) is 0 Å². The van der Waals surface area contributed by atoms with Gasteiger partial charge in [-0.15, -0.1) is 0 Å². The van der Waals surface area contributed by atoms with E-state index in [1.807, 2.05) is 19.1 Å². The van der Waals surface area contributed by atoms with Crippen LogP contribution < -0.4 is 9.80 Å². The number of carbonyl (C=O) groups excluding carboxylic acids is 2. The van der Waals surface area contributed by atoms with E-state index in [-0.39, 0.29) is 23.1 Å². The SMILES string of the molecule is Cc1ccc(N2C(=O)C[C@@H]([NH+]3CCN(S(=O)(=O)c4ccc(Cl)cc4)CC3)C2=O)cc1. The maximum absolute atomic E-state index is 13.0. The van der Waals surface area contributed by atoms with Gasteiger partial charge in [0, 0.05) is 5.02 Å². The third kappa shape index (κ3) is 3.88. The number of benzene rings is 2. The van der Waals surface area contributed by atoms with Gasteiger partial charge < -0.3 is 4.90 Å². The van der Waals surface area contributed by atoms with Crippen LogP contribution in [-0.2, 0) is 19.6 Å². The summed E-state index contributed by atoms with van der Waals surface area (Å²) >= 11 is 5.85. The Morgan fingerprint density at radius 2 is 1.57 bits per heavy atom. The number of hydrogen-bond donors (Lipinski definition) is 1. The molecule has 158 valence electrons. The summed E-state index contributed by atoms with van der Waals surface area (Å²) in [6.45, 7) is 3.48. The first-order valence-electron chi connectivity index (χ1n) is 9.81. The predicted octanol–water partition coefficient (Wildman–Crippen LogP) is 0.870. The van der Waals surface area contributed by atoms with E-state index >= 15 is 0 Å². The molecular weight excluding hydrogens is 426 g/mol.